The third kappa shape index (κ3) is 4.56. The van der Waals surface area contributed by atoms with Crippen LogP contribution in [0, 0.1) is 12.8 Å². The topological polar surface area (TPSA) is 128 Å². The van der Waals surface area contributed by atoms with Crippen LogP contribution in [0.15, 0.2) is 30.6 Å². The van der Waals surface area contributed by atoms with Gasteiger partial charge in [-0.15, -0.1) is 0 Å². The number of pyridine rings is 2. The van der Waals surface area contributed by atoms with Gasteiger partial charge >= 0.3 is 11.8 Å². The van der Waals surface area contributed by atoms with Gasteiger partial charge in [-0.2, -0.15) is 0 Å². The minimum atomic E-state index is -0.816. The van der Waals surface area contributed by atoms with Crippen LogP contribution >= 0.6 is 0 Å². The molecule has 0 aromatic carbocycles. The van der Waals surface area contributed by atoms with Crippen molar-refractivity contribution in [3.05, 3.63) is 47.4 Å². The van der Waals surface area contributed by atoms with Crippen LogP contribution in [0.3, 0.4) is 0 Å². The monoisotopic (exact) mass is 411 g/mol. The molecule has 0 unspecified atom stereocenters. The zero-order valence-electron chi connectivity index (χ0n) is 17.2. The maximum Gasteiger partial charge on any atom is 0.313 e. The van der Waals surface area contributed by atoms with E-state index in [9.17, 15) is 14.4 Å². The first-order valence-corrected chi connectivity index (χ1v) is 9.68. The Kier molecular flexibility index (Phi) is 6.29. The van der Waals surface area contributed by atoms with Crippen LogP contribution in [0.1, 0.15) is 47.4 Å². The van der Waals surface area contributed by atoms with E-state index in [2.05, 4.69) is 15.3 Å². The molecule has 0 saturated carbocycles. The number of nitrogens with two attached hydrogens (primary N) is 1. The number of amides is 3. The number of primary amides is 1. The second-order valence-corrected chi connectivity index (χ2v) is 7.52. The standard InChI is InChI=1S/C21H25N5O4/c1-12-4-6-16(23-9-12)17-7-5-13(2)11-26(17)21(29)19(28)25-14-8-15(18(22)27)20(30-3)24-10-14/h4,6,8-10,13,17H,5,7,11H2,1-3H3,(H2,22,27)(H,25,28)/t13-,17+/m1/s1. The smallest absolute Gasteiger partial charge is 0.313 e. The van der Waals surface area contributed by atoms with Gasteiger partial charge < -0.3 is 20.7 Å². The summed E-state index contributed by atoms with van der Waals surface area (Å²) in [6.45, 7) is 4.45. The first-order chi connectivity index (χ1) is 14.3. The molecule has 0 aliphatic carbocycles. The van der Waals surface area contributed by atoms with Crippen molar-refractivity contribution in [2.75, 3.05) is 19.0 Å². The average molecular weight is 411 g/mol. The lowest BCUT2D eigenvalue weighted by Gasteiger charge is -2.38. The summed E-state index contributed by atoms with van der Waals surface area (Å²) in [7, 11) is 1.35. The molecule has 158 valence electrons. The Bertz CT molecular complexity index is 960. The molecule has 3 amide bonds. The van der Waals surface area contributed by atoms with E-state index in [1.807, 2.05) is 26.0 Å². The Labute approximate surface area is 174 Å². The van der Waals surface area contributed by atoms with Crippen molar-refractivity contribution in [2.24, 2.45) is 11.7 Å². The summed E-state index contributed by atoms with van der Waals surface area (Å²) in [4.78, 5) is 47.2. The van der Waals surface area contributed by atoms with Crippen LogP contribution in [0.5, 0.6) is 5.88 Å². The summed E-state index contributed by atoms with van der Waals surface area (Å²) in [5.41, 5.74) is 7.29. The number of aromatic nitrogens is 2. The van der Waals surface area contributed by atoms with Gasteiger partial charge in [0.25, 0.3) is 5.91 Å². The molecule has 2 aromatic rings. The van der Waals surface area contributed by atoms with Crippen molar-refractivity contribution in [1.82, 2.24) is 14.9 Å². The zero-order valence-corrected chi connectivity index (χ0v) is 17.2. The average Bonchev–Trinajstić information content (AvgIpc) is 2.73. The highest BCUT2D eigenvalue weighted by atomic mass is 16.5. The Hall–Kier alpha value is -3.49. The Morgan fingerprint density at radius 2 is 1.97 bits per heavy atom. The molecule has 3 heterocycles. The molecule has 1 saturated heterocycles. The number of nitrogens with one attached hydrogen (secondary N) is 1. The number of anilines is 1. The summed E-state index contributed by atoms with van der Waals surface area (Å²) in [6.07, 6.45) is 4.72. The predicted octanol–water partition coefficient (Wildman–Crippen LogP) is 1.83. The van der Waals surface area contributed by atoms with Crippen molar-refractivity contribution in [3.63, 3.8) is 0 Å². The van der Waals surface area contributed by atoms with Crippen LogP contribution in [-0.2, 0) is 9.59 Å². The van der Waals surface area contributed by atoms with Crippen LogP contribution in [-0.4, -0.2) is 46.2 Å². The second-order valence-electron chi connectivity index (χ2n) is 7.52. The molecule has 1 aliphatic rings. The number of rotatable bonds is 4. The van der Waals surface area contributed by atoms with Gasteiger partial charge in [-0.3, -0.25) is 19.4 Å². The summed E-state index contributed by atoms with van der Waals surface area (Å²) in [5.74, 6) is -1.92. The maximum absolute atomic E-state index is 13.0. The van der Waals surface area contributed by atoms with Gasteiger partial charge in [0.15, 0.2) is 0 Å². The van der Waals surface area contributed by atoms with E-state index in [-0.39, 0.29) is 29.1 Å². The first kappa shape index (κ1) is 21.2. The number of carbonyl (C=O) groups is 3. The zero-order chi connectivity index (χ0) is 21.8. The molecular formula is C21H25N5O4. The Morgan fingerprint density at radius 3 is 2.60 bits per heavy atom. The molecular weight excluding hydrogens is 386 g/mol. The van der Waals surface area contributed by atoms with E-state index in [4.69, 9.17) is 10.5 Å². The van der Waals surface area contributed by atoms with E-state index in [0.29, 0.717) is 6.54 Å². The maximum atomic E-state index is 13.0. The summed E-state index contributed by atoms with van der Waals surface area (Å²) in [5, 5.41) is 2.51. The minimum absolute atomic E-state index is 0.0103. The number of hydrogen-bond acceptors (Lipinski definition) is 6. The van der Waals surface area contributed by atoms with Crippen LogP contribution in [0.4, 0.5) is 5.69 Å². The molecule has 0 bridgehead atoms. The fourth-order valence-corrected chi connectivity index (χ4v) is 3.54. The molecule has 9 nitrogen and oxygen atoms in total. The van der Waals surface area contributed by atoms with E-state index in [0.717, 1.165) is 24.1 Å². The van der Waals surface area contributed by atoms with Crippen molar-refractivity contribution < 1.29 is 19.1 Å². The molecule has 2 atom stereocenters. The third-order valence-electron chi connectivity index (χ3n) is 5.12. The number of carbonyl (C=O) groups excluding carboxylic acids is 3. The number of aryl methyl sites for hydroxylation is 1. The molecule has 2 aromatic heterocycles. The van der Waals surface area contributed by atoms with Crippen LogP contribution < -0.4 is 15.8 Å². The van der Waals surface area contributed by atoms with Crippen molar-refractivity contribution >= 4 is 23.4 Å². The van der Waals surface area contributed by atoms with Gasteiger partial charge in [0, 0.05) is 12.7 Å². The molecule has 0 spiro atoms. The van der Waals surface area contributed by atoms with Gasteiger partial charge in [-0.05, 0) is 43.4 Å². The molecule has 3 rings (SSSR count). The predicted molar refractivity (Wildman–Crippen MR) is 110 cm³/mol. The highest BCUT2D eigenvalue weighted by Gasteiger charge is 2.35. The highest BCUT2D eigenvalue weighted by molar-refractivity contribution is 6.39. The molecule has 0 radical (unpaired) electrons. The van der Waals surface area contributed by atoms with Gasteiger partial charge in [0.05, 0.1) is 30.7 Å². The van der Waals surface area contributed by atoms with E-state index in [1.54, 1.807) is 11.1 Å². The molecule has 30 heavy (non-hydrogen) atoms. The molecule has 1 aliphatic heterocycles. The number of likely N-dealkylation sites (tertiary alicyclic amines) is 1. The molecule has 1 fully saturated rings. The molecule has 3 N–H and O–H groups in total. The minimum Gasteiger partial charge on any atom is -0.480 e. The number of methoxy groups -OCH3 is 1. The summed E-state index contributed by atoms with van der Waals surface area (Å²) in [6, 6.07) is 4.89. The van der Waals surface area contributed by atoms with Gasteiger partial charge in [-0.1, -0.05) is 13.0 Å². The van der Waals surface area contributed by atoms with Crippen LogP contribution in [0.25, 0.3) is 0 Å². The van der Waals surface area contributed by atoms with Crippen molar-refractivity contribution in [3.8, 4) is 5.88 Å². The Balaban J connectivity index is 1.80. The van der Waals surface area contributed by atoms with E-state index < -0.39 is 17.7 Å². The number of ether oxygens (including phenoxy) is 1. The van der Waals surface area contributed by atoms with Crippen molar-refractivity contribution in [1.29, 1.82) is 0 Å². The normalized spacial score (nSPS) is 18.6. The fourth-order valence-electron chi connectivity index (χ4n) is 3.54. The highest BCUT2D eigenvalue weighted by Crippen LogP contribution is 2.32. The van der Waals surface area contributed by atoms with Gasteiger partial charge in [0.1, 0.15) is 5.56 Å². The van der Waals surface area contributed by atoms with E-state index >= 15 is 0 Å². The first-order valence-electron chi connectivity index (χ1n) is 9.68. The SMILES string of the molecule is COc1ncc(NC(=O)C(=O)N2C[C@H](C)CC[C@H]2c2ccc(C)cn2)cc1C(N)=O. The molecule has 9 heteroatoms. The van der Waals surface area contributed by atoms with Crippen molar-refractivity contribution in [2.45, 2.75) is 32.7 Å². The quantitative estimate of drug-likeness (QED) is 0.739. The third-order valence-corrected chi connectivity index (χ3v) is 5.12. The largest absolute Gasteiger partial charge is 0.480 e. The fraction of sp³-hybridized carbons (Fsp3) is 0.381. The van der Waals surface area contributed by atoms with E-state index in [1.165, 1.54) is 19.4 Å². The number of piperidine rings is 1. The summed E-state index contributed by atoms with van der Waals surface area (Å²) < 4.78 is 4.99. The summed E-state index contributed by atoms with van der Waals surface area (Å²) >= 11 is 0. The van der Waals surface area contributed by atoms with Gasteiger partial charge in [-0.25, -0.2) is 4.98 Å². The lowest BCUT2D eigenvalue weighted by Crippen LogP contribution is -2.46. The lowest BCUT2D eigenvalue weighted by atomic mass is 9.92. The number of nitrogens with zero attached hydrogens (tertiary/aromatic N) is 3. The van der Waals surface area contributed by atoms with Gasteiger partial charge in [0.2, 0.25) is 5.88 Å². The lowest BCUT2D eigenvalue weighted by molar-refractivity contribution is -0.146. The second kappa shape index (κ2) is 8.89. The number of hydrogen-bond donors (Lipinski definition) is 2. The van der Waals surface area contributed by atoms with Crippen LogP contribution in [0.2, 0.25) is 0 Å². The Morgan fingerprint density at radius 1 is 1.20 bits per heavy atom.